The van der Waals surface area contributed by atoms with E-state index in [0.29, 0.717) is 17.9 Å². The molecule has 0 aromatic heterocycles. The monoisotopic (exact) mass is 254 g/mol. The Morgan fingerprint density at radius 1 is 1.50 bits per heavy atom. The minimum Gasteiger partial charge on any atom is -0.381 e. The molecule has 2 aliphatic rings. The number of nitrogens with one attached hydrogen (secondary N) is 1. The van der Waals surface area contributed by atoms with Gasteiger partial charge in [-0.1, -0.05) is 6.92 Å². The average molecular weight is 254 g/mol. The average Bonchev–Trinajstić information content (AvgIpc) is 3.04. The molecule has 18 heavy (non-hydrogen) atoms. The normalized spacial score (nSPS) is 29.9. The van der Waals surface area contributed by atoms with Crippen molar-refractivity contribution in [3.63, 3.8) is 0 Å². The zero-order valence-electron chi connectivity index (χ0n) is 11.4. The van der Waals surface area contributed by atoms with Gasteiger partial charge in [-0.15, -0.1) is 0 Å². The molecule has 0 spiro atoms. The maximum absolute atomic E-state index is 5.90. The number of ether oxygens (including phenoxy) is 1. The molecule has 2 heterocycles. The quantitative estimate of drug-likeness (QED) is 0.551. The Morgan fingerprint density at radius 3 is 3.11 bits per heavy atom. The number of likely N-dealkylation sites (tertiary alicyclic amines) is 1. The van der Waals surface area contributed by atoms with E-state index in [9.17, 15) is 0 Å². The molecule has 0 aromatic rings. The lowest BCUT2D eigenvalue weighted by Gasteiger charge is -2.23. The zero-order valence-corrected chi connectivity index (χ0v) is 11.4. The second-order valence-electron chi connectivity index (χ2n) is 5.26. The molecule has 0 aromatic carbocycles. The van der Waals surface area contributed by atoms with E-state index < -0.39 is 0 Å². The fourth-order valence-corrected chi connectivity index (χ4v) is 2.78. The van der Waals surface area contributed by atoms with Crippen molar-refractivity contribution in [2.75, 3.05) is 39.4 Å². The minimum absolute atomic E-state index is 0.559. The van der Waals surface area contributed by atoms with Crippen molar-refractivity contribution in [2.24, 2.45) is 16.6 Å². The van der Waals surface area contributed by atoms with Crippen LogP contribution in [0.3, 0.4) is 0 Å². The summed E-state index contributed by atoms with van der Waals surface area (Å²) in [5, 5.41) is 3.26. The lowest BCUT2D eigenvalue weighted by atomic mass is 10.1. The second kappa shape index (κ2) is 6.95. The third-order valence-corrected chi connectivity index (χ3v) is 3.97. The first-order valence-corrected chi connectivity index (χ1v) is 7.15. The molecule has 0 radical (unpaired) electrons. The molecule has 3 N–H and O–H groups in total. The Hall–Kier alpha value is -0.810. The number of aliphatic imine (C=N–C) groups is 1. The molecule has 2 unspecified atom stereocenters. The third kappa shape index (κ3) is 3.85. The van der Waals surface area contributed by atoms with Crippen molar-refractivity contribution in [3.8, 4) is 0 Å². The third-order valence-electron chi connectivity index (χ3n) is 3.97. The molecular weight excluding hydrogens is 228 g/mol. The zero-order chi connectivity index (χ0) is 12.8. The number of hydrogen-bond acceptors (Lipinski definition) is 3. The lowest BCUT2D eigenvalue weighted by molar-refractivity contribution is 0.187. The predicted octanol–water partition coefficient (Wildman–Crippen LogP) is 0.412. The van der Waals surface area contributed by atoms with Crippen LogP contribution in [0, 0.1) is 5.92 Å². The number of guanidine groups is 1. The molecule has 5 nitrogen and oxygen atoms in total. The van der Waals surface area contributed by atoms with Gasteiger partial charge in [0, 0.05) is 31.7 Å². The largest absolute Gasteiger partial charge is 0.381 e. The molecule has 2 atom stereocenters. The maximum atomic E-state index is 5.90. The summed E-state index contributed by atoms with van der Waals surface area (Å²) in [6.07, 6.45) is 3.68. The van der Waals surface area contributed by atoms with E-state index >= 15 is 0 Å². The van der Waals surface area contributed by atoms with Crippen LogP contribution in [0.1, 0.15) is 26.2 Å². The van der Waals surface area contributed by atoms with Crippen LogP contribution >= 0.6 is 0 Å². The summed E-state index contributed by atoms with van der Waals surface area (Å²) in [5.41, 5.74) is 5.90. The van der Waals surface area contributed by atoms with E-state index in [4.69, 9.17) is 10.5 Å². The van der Waals surface area contributed by atoms with Crippen LogP contribution in [0.2, 0.25) is 0 Å². The van der Waals surface area contributed by atoms with Crippen molar-refractivity contribution in [1.29, 1.82) is 0 Å². The van der Waals surface area contributed by atoms with Crippen LogP contribution in [0.25, 0.3) is 0 Å². The molecular formula is C13H26N4O. The Morgan fingerprint density at radius 2 is 2.39 bits per heavy atom. The molecule has 0 bridgehead atoms. The molecule has 2 saturated heterocycles. The topological polar surface area (TPSA) is 62.9 Å². The van der Waals surface area contributed by atoms with Crippen LogP contribution in [0.4, 0.5) is 0 Å². The lowest BCUT2D eigenvalue weighted by Crippen LogP contribution is -2.42. The van der Waals surface area contributed by atoms with Crippen molar-refractivity contribution in [3.05, 3.63) is 0 Å². The maximum Gasteiger partial charge on any atom is 0.188 e. The molecule has 104 valence electrons. The van der Waals surface area contributed by atoms with Crippen molar-refractivity contribution in [2.45, 2.75) is 32.2 Å². The molecule has 2 aliphatic heterocycles. The Bertz CT molecular complexity index is 276. The fourth-order valence-electron chi connectivity index (χ4n) is 2.78. The van der Waals surface area contributed by atoms with Crippen LogP contribution in [-0.4, -0.2) is 56.3 Å². The SMILES string of the molecule is CCN1CCCC1CNC(N)=NCC1CCOC1. The van der Waals surface area contributed by atoms with Gasteiger partial charge in [-0.05, 0) is 32.4 Å². The number of likely N-dealkylation sites (N-methyl/N-ethyl adjacent to an activating group) is 1. The fraction of sp³-hybridized carbons (Fsp3) is 0.923. The second-order valence-corrected chi connectivity index (χ2v) is 5.26. The van der Waals surface area contributed by atoms with E-state index in [1.54, 1.807) is 0 Å². The predicted molar refractivity (Wildman–Crippen MR) is 73.7 cm³/mol. The number of nitrogens with zero attached hydrogens (tertiary/aromatic N) is 2. The molecule has 2 fully saturated rings. The first-order valence-electron chi connectivity index (χ1n) is 7.15. The summed E-state index contributed by atoms with van der Waals surface area (Å²) < 4.78 is 5.32. The van der Waals surface area contributed by atoms with Crippen LogP contribution in [-0.2, 0) is 4.74 Å². The summed E-state index contributed by atoms with van der Waals surface area (Å²) in [6.45, 7) is 7.99. The first kappa shape index (κ1) is 13.6. The Balaban J connectivity index is 1.66. The van der Waals surface area contributed by atoms with Crippen molar-refractivity contribution >= 4 is 5.96 Å². The van der Waals surface area contributed by atoms with Gasteiger partial charge in [0.2, 0.25) is 0 Å². The van der Waals surface area contributed by atoms with E-state index in [-0.39, 0.29) is 0 Å². The molecule has 2 rings (SSSR count). The first-order chi connectivity index (χ1) is 8.79. The smallest absolute Gasteiger partial charge is 0.188 e. The standard InChI is InChI=1S/C13H26N4O/c1-2-17-6-3-4-12(17)9-16-13(14)15-8-11-5-7-18-10-11/h11-12H,2-10H2,1H3,(H3,14,15,16). The highest BCUT2D eigenvalue weighted by Crippen LogP contribution is 2.15. The minimum atomic E-state index is 0.559. The van der Waals surface area contributed by atoms with Crippen molar-refractivity contribution in [1.82, 2.24) is 10.2 Å². The van der Waals surface area contributed by atoms with E-state index in [2.05, 4.69) is 22.1 Å². The summed E-state index contributed by atoms with van der Waals surface area (Å²) >= 11 is 0. The van der Waals surface area contributed by atoms with Crippen molar-refractivity contribution < 1.29 is 4.74 Å². The van der Waals surface area contributed by atoms with E-state index in [1.807, 2.05) is 0 Å². The summed E-state index contributed by atoms with van der Waals surface area (Å²) in [7, 11) is 0. The van der Waals surface area contributed by atoms with Crippen LogP contribution in [0.5, 0.6) is 0 Å². The van der Waals surface area contributed by atoms with Gasteiger partial charge in [0.1, 0.15) is 0 Å². The summed E-state index contributed by atoms with van der Waals surface area (Å²) in [5.74, 6) is 1.15. The van der Waals surface area contributed by atoms with Gasteiger partial charge in [-0.2, -0.15) is 0 Å². The molecule has 0 saturated carbocycles. The van der Waals surface area contributed by atoms with Gasteiger partial charge in [-0.3, -0.25) is 9.89 Å². The molecule has 5 heteroatoms. The van der Waals surface area contributed by atoms with Gasteiger partial charge in [0.15, 0.2) is 5.96 Å². The van der Waals surface area contributed by atoms with Crippen LogP contribution < -0.4 is 11.1 Å². The Kier molecular flexibility index (Phi) is 5.26. The van der Waals surface area contributed by atoms with Crippen LogP contribution in [0.15, 0.2) is 4.99 Å². The van der Waals surface area contributed by atoms with Gasteiger partial charge < -0.3 is 15.8 Å². The van der Waals surface area contributed by atoms with E-state index in [0.717, 1.165) is 39.3 Å². The Labute approximate surface area is 110 Å². The molecule has 0 aliphatic carbocycles. The molecule has 0 amide bonds. The summed E-state index contributed by atoms with van der Waals surface area (Å²) in [4.78, 5) is 6.91. The van der Waals surface area contributed by atoms with Gasteiger partial charge in [0.05, 0.1) is 6.61 Å². The van der Waals surface area contributed by atoms with Gasteiger partial charge >= 0.3 is 0 Å². The highest BCUT2D eigenvalue weighted by Gasteiger charge is 2.22. The number of rotatable bonds is 5. The van der Waals surface area contributed by atoms with Gasteiger partial charge in [0.25, 0.3) is 0 Å². The number of nitrogens with two attached hydrogens (primary N) is 1. The summed E-state index contributed by atoms with van der Waals surface area (Å²) in [6, 6.07) is 0.624. The highest BCUT2D eigenvalue weighted by molar-refractivity contribution is 5.77. The van der Waals surface area contributed by atoms with Gasteiger partial charge in [-0.25, -0.2) is 0 Å². The van der Waals surface area contributed by atoms with E-state index in [1.165, 1.54) is 19.4 Å². The highest BCUT2D eigenvalue weighted by atomic mass is 16.5. The number of hydrogen-bond donors (Lipinski definition) is 2.